The van der Waals surface area contributed by atoms with Crippen LogP contribution in [0.15, 0.2) is 103 Å². The van der Waals surface area contributed by atoms with Gasteiger partial charge in [0.2, 0.25) is 7.51 Å². The summed E-state index contributed by atoms with van der Waals surface area (Å²) >= 11 is 0. The summed E-state index contributed by atoms with van der Waals surface area (Å²) < 4.78 is 31.6. The van der Waals surface area contributed by atoms with Gasteiger partial charge in [-0.05, 0) is 35.4 Å². The number of benzene rings is 3. The van der Waals surface area contributed by atoms with E-state index >= 15 is 8.39 Å². The Bertz CT molecular complexity index is 1300. The van der Waals surface area contributed by atoms with Crippen LogP contribution < -0.4 is 0 Å². The van der Waals surface area contributed by atoms with Crippen LogP contribution in [0.3, 0.4) is 0 Å². The maximum Gasteiger partial charge on any atom is 0.266 e. The van der Waals surface area contributed by atoms with Crippen LogP contribution >= 0.6 is 7.51 Å². The number of allylic oxidation sites excluding steroid dienone is 2. The third kappa shape index (κ3) is 3.09. The Morgan fingerprint density at radius 3 is 1.65 bits per heavy atom. The molecule has 5 rings (SSSR count). The average Bonchev–Trinajstić information content (AvgIpc) is 3.05. The predicted octanol–water partition coefficient (Wildman–Crippen LogP) is 6.23. The predicted molar refractivity (Wildman–Crippen MR) is 119 cm³/mol. The number of rotatable bonds is 3. The van der Waals surface area contributed by atoms with E-state index in [4.69, 9.17) is 0 Å². The fourth-order valence-electron chi connectivity index (χ4n) is 3.88. The molecule has 0 aliphatic carbocycles. The Morgan fingerprint density at radius 2 is 1.10 bits per heavy atom. The largest absolute Gasteiger partial charge is 0.268 e. The molecule has 3 nitrogen and oxygen atoms in total. The number of hydrogen-bond acceptors (Lipinski definition) is 2. The minimum atomic E-state index is -4.74. The molecule has 0 spiro atoms. The van der Waals surface area contributed by atoms with Crippen LogP contribution in [0.4, 0.5) is 8.39 Å². The second-order valence-electron chi connectivity index (χ2n) is 7.22. The van der Waals surface area contributed by atoms with Crippen molar-refractivity contribution in [1.82, 2.24) is 4.90 Å². The second kappa shape index (κ2) is 7.29. The van der Waals surface area contributed by atoms with Gasteiger partial charge in [0.1, 0.15) is 0 Å². The smallest absolute Gasteiger partial charge is 0.266 e. The van der Waals surface area contributed by atoms with E-state index in [1.807, 2.05) is 0 Å². The van der Waals surface area contributed by atoms with E-state index in [-0.39, 0.29) is 27.4 Å². The zero-order chi connectivity index (χ0) is 21.6. The first-order chi connectivity index (χ1) is 15.0. The van der Waals surface area contributed by atoms with Crippen molar-refractivity contribution >= 4 is 29.9 Å². The first kappa shape index (κ1) is 19.4. The molecule has 0 fully saturated rings. The molecular formula is C25H16F2NO2P. The molecule has 0 aromatic heterocycles. The first-order valence-electron chi connectivity index (χ1n) is 9.67. The summed E-state index contributed by atoms with van der Waals surface area (Å²) in [4.78, 5) is 27.0. The second-order valence-corrected chi connectivity index (χ2v) is 9.21. The van der Waals surface area contributed by atoms with Crippen LogP contribution in [-0.2, 0) is 0 Å². The van der Waals surface area contributed by atoms with Crippen molar-refractivity contribution in [3.8, 4) is 0 Å². The van der Waals surface area contributed by atoms with Crippen LogP contribution in [0.25, 0.3) is 5.31 Å². The number of imide groups is 1. The van der Waals surface area contributed by atoms with Gasteiger partial charge >= 0.3 is 0 Å². The summed E-state index contributed by atoms with van der Waals surface area (Å²) in [5.41, 5.74) is 1.44. The maximum atomic E-state index is 15.8. The highest BCUT2D eigenvalue weighted by Gasteiger charge is 2.40. The number of amides is 2. The molecule has 0 unspecified atom stereocenters. The Kier molecular flexibility index (Phi) is 4.57. The summed E-state index contributed by atoms with van der Waals surface area (Å²) in [6, 6.07) is 23.3. The molecule has 0 N–H and O–H groups in total. The zero-order valence-corrected chi connectivity index (χ0v) is 17.1. The summed E-state index contributed by atoms with van der Waals surface area (Å²) in [6.45, 7) is 0. The Balaban J connectivity index is 1.74. The van der Waals surface area contributed by atoms with Gasteiger partial charge in [-0.2, -0.15) is 8.39 Å². The van der Waals surface area contributed by atoms with Crippen LogP contribution in [0.2, 0.25) is 0 Å². The minimum Gasteiger partial charge on any atom is -0.268 e. The molecule has 2 amide bonds. The molecular weight excluding hydrogens is 415 g/mol. The van der Waals surface area contributed by atoms with Gasteiger partial charge in [-0.3, -0.25) is 9.59 Å². The summed E-state index contributed by atoms with van der Waals surface area (Å²) in [7, 11) is -4.74. The molecule has 2 aliphatic rings. The molecule has 31 heavy (non-hydrogen) atoms. The van der Waals surface area contributed by atoms with Crippen LogP contribution in [0.5, 0.6) is 0 Å². The first-order valence-corrected chi connectivity index (χ1v) is 11.2. The third-order valence-corrected chi connectivity index (χ3v) is 7.35. The summed E-state index contributed by atoms with van der Waals surface area (Å²) in [5.74, 6) is -1.02. The van der Waals surface area contributed by atoms with Crippen molar-refractivity contribution in [3.05, 3.63) is 125 Å². The quantitative estimate of drug-likeness (QED) is 0.364. The lowest BCUT2D eigenvalue weighted by Gasteiger charge is -2.25. The van der Waals surface area contributed by atoms with E-state index < -0.39 is 19.3 Å². The molecule has 2 aliphatic heterocycles. The number of hydrogen-bond donors (Lipinski definition) is 0. The van der Waals surface area contributed by atoms with Crippen LogP contribution in [-0.4, -0.2) is 22.0 Å². The number of fused-ring (bicyclic) bond motifs is 1. The average molecular weight is 431 g/mol. The van der Waals surface area contributed by atoms with Gasteiger partial charge in [-0.25, -0.2) is 4.90 Å². The molecule has 0 bridgehead atoms. The zero-order valence-electron chi connectivity index (χ0n) is 16.2. The normalized spacial score (nSPS) is 17.4. The van der Waals surface area contributed by atoms with E-state index in [0.29, 0.717) is 11.1 Å². The van der Waals surface area contributed by atoms with Crippen molar-refractivity contribution in [1.29, 1.82) is 0 Å². The Labute approximate surface area is 178 Å². The number of halogens is 2. The van der Waals surface area contributed by atoms with Crippen molar-refractivity contribution in [2.45, 2.75) is 0 Å². The molecule has 2 heterocycles. The van der Waals surface area contributed by atoms with Gasteiger partial charge in [0.05, 0.1) is 16.8 Å². The van der Waals surface area contributed by atoms with Crippen LogP contribution in [0.1, 0.15) is 31.8 Å². The van der Waals surface area contributed by atoms with Crippen molar-refractivity contribution < 1.29 is 18.0 Å². The van der Waals surface area contributed by atoms with Gasteiger partial charge in [-0.15, -0.1) is 0 Å². The molecule has 0 atom stereocenters. The van der Waals surface area contributed by atoms with Gasteiger partial charge < -0.3 is 0 Å². The lowest BCUT2D eigenvalue weighted by atomic mass is 10.1. The van der Waals surface area contributed by atoms with E-state index in [9.17, 15) is 9.59 Å². The highest BCUT2D eigenvalue weighted by molar-refractivity contribution is 7.77. The monoisotopic (exact) mass is 431 g/mol. The van der Waals surface area contributed by atoms with Gasteiger partial charge in [0, 0.05) is 10.6 Å². The number of nitrogens with zero attached hydrogens (tertiary/aromatic N) is 1. The van der Waals surface area contributed by atoms with E-state index in [0.717, 1.165) is 4.90 Å². The third-order valence-electron chi connectivity index (χ3n) is 5.37. The molecule has 152 valence electrons. The molecule has 0 saturated carbocycles. The molecule has 0 radical (unpaired) electrons. The van der Waals surface area contributed by atoms with Crippen molar-refractivity contribution in [3.63, 3.8) is 0 Å². The van der Waals surface area contributed by atoms with Gasteiger partial charge in [-0.1, -0.05) is 72.8 Å². The van der Waals surface area contributed by atoms with Crippen molar-refractivity contribution in [2.24, 2.45) is 0 Å². The molecule has 0 saturated heterocycles. The van der Waals surface area contributed by atoms with Crippen LogP contribution in [0, 0.1) is 0 Å². The summed E-state index contributed by atoms with van der Waals surface area (Å²) in [5, 5.41) is -0.304. The number of carbonyl (C=O) groups is 2. The minimum absolute atomic E-state index is 0.148. The highest BCUT2D eigenvalue weighted by atomic mass is 31.2. The topological polar surface area (TPSA) is 37.4 Å². The van der Waals surface area contributed by atoms with E-state index in [1.165, 1.54) is 12.2 Å². The maximum absolute atomic E-state index is 15.8. The summed E-state index contributed by atoms with van der Waals surface area (Å²) in [6.07, 6.45) is 2.58. The molecule has 3 aromatic rings. The molecule has 6 heteroatoms. The van der Waals surface area contributed by atoms with Crippen molar-refractivity contribution in [2.75, 3.05) is 0 Å². The SMILES string of the molecule is O=C1c2ccccc2C(=O)N1C1=CC(c2ccccc2)=P(F)(F)C(c2ccccc2)=C1. The standard InChI is InChI=1S/C25H16F2NO2P/c26-31(27)22(17-9-3-1-4-10-17)15-19(16-23(31)18-11-5-2-6-12-18)28-24(29)20-13-7-8-14-21(20)25(28)30/h1-16H. The number of carbonyl (C=O) groups excluding carboxylic acids is 2. The fraction of sp³-hybridized carbons (Fsp3) is 0. The van der Waals surface area contributed by atoms with E-state index in [1.54, 1.807) is 84.9 Å². The van der Waals surface area contributed by atoms with Gasteiger partial charge in [0.15, 0.2) is 0 Å². The lowest BCUT2D eigenvalue weighted by Crippen LogP contribution is -2.29. The Hall–Kier alpha value is -3.56. The highest BCUT2D eigenvalue weighted by Crippen LogP contribution is 2.67. The molecule has 3 aromatic carbocycles. The fourth-order valence-corrected chi connectivity index (χ4v) is 5.67. The van der Waals surface area contributed by atoms with E-state index in [2.05, 4.69) is 0 Å². The Morgan fingerprint density at radius 1 is 0.613 bits per heavy atom. The lowest BCUT2D eigenvalue weighted by molar-refractivity contribution is 0.0710. The van der Waals surface area contributed by atoms with Gasteiger partial charge in [0.25, 0.3) is 11.8 Å².